The van der Waals surface area contributed by atoms with Crippen molar-refractivity contribution in [2.75, 3.05) is 20.8 Å². The molecule has 0 saturated carbocycles. The van der Waals surface area contributed by atoms with Crippen LogP contribution in [0, 0.1) is 0 Å². The molecule has 2 N–H and O–H groups in total. The van der Waals surface area contributed by atoms with E-state index >= 15 is 0 Å². The number of aromatic nitrogens is 1. The summed E-state index contributed by atoms with van der Waals surface area (Å²) in [6, 6.07) is 9.87. The van der Waals surface area contributed by atoms with E-state index in [2.05, 4.69) is 5.32 Å². The number of carbonyl (C=O) groups is 1. The summed E-state index contributed by atoms with van der Waals surface area (Å²) in [7, 11) is 2.99. The Hall–Kier alpha value is -3.68. The van der Waals surface area contributed by atoms with Crippen LogP contribution in [-0.4, -0.2) is 36.3 Å². The molecule has 0 radical (unpaired) electrons. The van der Waals surface area contributed by atoms with Crippen molar-refractivity contribution < 1.29 is 23.8 Å². The Morgan fingerprint density at radius 3 is 2.79 bits per heavy atom. The minimum Gasteiger partial charge on any atom is -0.504 e. The van der Waals surface area contributed by atoms with Crippen LogP contribution < -0.4 is 20.5 Å². The highest BCUT2D eigenvalue weighted by Gasteiger charge is 2.10. The van der Waals surface area contributed by atoms with E-state index in [1.807, 2.05) is 0 Å². The lowest BCUT2D eigenvalue weighted by Crippen LogP contribution is -2.28. The molecule has 2 aromatic carbocycles. The van der Waals surface area contributed by atoms with Gasteiger partial charge in [0.05, 0.1) is 19.7 Å². The van der Waals surface area contributed by atoms with E-state index in [1.54, 1.807) is 36.4 Å². The number of oxazole rings is 1. The summed E-state index contributed by atoms with van der Waals surface area (Å²) in [6.45, 7) is 0.521. The Morgan fingerprint density at radius 2 is 2.04 bits per heavy atom. The van der Waals surface area contributed by atoms with E-state index in [0.717, 1.165) is 0 Å². The van der Waals surface area contributed by atoms with Gasteiger partial charge in [0.15, 0.2) is 17.1 Å². The summed E-state index contributed by atoms with van der Waals surface area (Å²) in [5.74, 6) is 0.140. The van der Waals surface area contributed by atoms with E-state index in [9.17, 15) is 14.7 Å². The summed E-state index contributed by atoms with van der Waals surface area (Å²) in [5, 5.41) is 12.3. The molecule has 1 heterocycles. The van der Waals surface area contributed by atoms with Gasteiger partial charge in [-0.15, -0.1) is 0 Å². The fraction of sp³-hybridized carbons (Fsp3) is 0.200. The fourth-order valence-corrected chi connectivity index (χ4v) is 2.71. The number of rotatable bonds is 7. The molecule has 8 nitrogen and oxygen atoms in total. The van der Waals surface area contributed by atoms with Crippen LogP contribution in [0.5, 0.6) is 17.2 Å². The monoisotopic (exact) mass is 384 g/mol. The number of ether oxygens (including phenoxy) is 2. The third-order valence-corrected chi connectivity index (χ3v) is 4.14. The normalized spacial score (nSPS) is 11.1. The molecule has 28 heavy (non-hydrogen) atoms. The fourth-order valence-electron chi connectivity index (χ4n) is 2.71. The second-order valence-corrected chi connectivity index (χ2v) is 5.91. The molecular weight excluding hydrogens is 364 g/mol. The Kier molecular flexibility index (Phi) is 5.69. The minimum atomic E-state index is -0.496. The Bertz CT molecular complexity index is 1080. The zero-order valence-electron chi connectivity index (χ0n) is 15.5. The molecule has 146 valence electrons. The average Bonchev–Trinajstić information content (AvgIpc) is 3.01. The number of phenolic OH excluding ortho intramolecular Hbond substituents is 1. The molecule has 3 rings (SSSR count). The van der Waals surface area contributed by atoms with Crippen LogP contribution in [0.3, 0.4) is 0 Å². The second-order valence-electron chi connectivity index (χ2n) is 5.91. The largest absolute Gasteiger partial charge is 0.504 e. The number of fused-ring (bicyclic) bond motifs is 1. The topological polar surface area (TPSA) is 103 Å². The molecule has 0 saturated heterocycles. The number of phenols is 1. The van der Waals surface area contributed by atoms with Gasteiger partial charge in [-0.1, -0.05) is 6.07 Å². The third kappa shape index (κ3) is 4.17. The standard InChI is InChI=1S/C20H20N2O6/c1-26-14-5-6-15-17(12-14)28-20(25)22(15)10-9-21-19(24)8-4-13-3-7-16(23)18(11-13)27-2/h3-8,11-12,23H,9-10H2,1-2H3,(H,21,24)/b8-4+. The number of methoxy groups -OCH3 is 2. The first-order chi connectivity index (χ1) is 13.5. The highest BCUT2D eigenvalue weighted by molar-refractivity contribution is 5.91. The van der Waals surface area contributed by atoms with Gasteiger partial charge in [-0.05, 0) is 35.9 Å². The summed E-state index contributed by atoms with van der Waals surface area (Å²) < 4.78 is 16.8. The first-order valence-corrected chi connectivity index (χ1v) is 8.52. The lowest BCUT2D eigenvalue weighted by atomic mass is 10.2. The number of nitrogens with zero attached hydrogens (tertiary/aromatic N) is 1. The number of benzene rings is 2. The summed E-state index contributed by atoms with van der Waals surface area (Å²) in [4.78, 5) is 24.0. The van der Waals surface area contributed by atoms with Crippen LogP contribution in [0.25, 0.3) is 17.2 Å². The number of amides is 1. The number of hydrogen-bond donors (Lipinski definition) is 2. The predicted octanol–water partition coefficient (Wildman–Crippen LogP) is 2.15. The van der Waals surface area contributed by atoms with Gasteiger partial charge in [0.1, 0.15) is 5.75 Å². The van der Waals surface area contributed by atoms with E-state index in [1.165, 1.54) is 30.9 Å². The molecule has 0 unspecified atom stereocenters. The van der Waals surface area contributed by atoms with Gasteiger partial charge in [0, 0.05) is 25.2 Å². The molecule has 0 aliphatic carbocycles. The zero-order valence-corrected chi connectivity index (χ0v) is 15.5. The third-order valence-electron chi connectivity index (χ3n) is 4.14. The van der Waals surface area contributed by atoms with Gasteiger partial charge >= 0.3 is 5.76 Å². The van der Waals surface area contributed by atoms with Crippen molar-refractivity contribution in [3.05, 3.63) is 58.6 Å². The maximum Gasteiger partial charge on any atom is 0.420 e. The summed E-state index contributed by atoms with van der Waals surface area (Å²) in [6.07, 6.45) is 2.97. The molecule has 0 fully saturated rings. The quantitative estimate of drug-likeness (QED) is 0.605. The molecule has 0 aliphatic rings. The van der Waals surface area contributed by atoms with Crippen molar-refractivity contribution in [1.29, 1.82) is 0 Å². The van der Waals surface area contributed by atoms with Crippen LogP contribution in [0.2, 0.25) is 0 Å². The van der Waals surface area contributed by atoms with Crippen molar-refractivity contribution in [2.45, 2.75) is 6.54 Å². The predicted molar refractivity (Wildman–Crippen MR) is 104 cm³/mol. The van der Waals surface area contributed by atoms with Crippen molar-refractivity contribution >= 4 is 23.1 Å². The van der Waals surface area contributed by atoms with E-state index in [0.29, 0.717) is 28.2 Å². The molecule has 0 atom stereocenters. The minimum absolute atomic E-state index is 0.0273. The SMILES string of the molecule is COc1ccc2c(c1)oc(=O)n2CCNC(=O)/C=C/c1ccc(O)c(OC)c1. The second kappa shape index (κ2) is 8.34. The van der Waals surface area contributed by atoms with Gasteiger partial charge in [-0.25, -0.2) is 4.79 Å². The zero-order chi connectivity index (χ0) is 20.1. The first kappa shape index (κ1) is 19.1. The summed E-state index contributed by atoms with van der Waals surface area (Å²) in [5.41, 5.74) is 1.76. The maximum absolute atomic E-state index is 12.0. The van der Waals surface area contributed by atoms with Crippen molar-refractivity contribution in [1.82, 2.24) is 9.88 Å². The smallest absolute Gasteiger partial charge is 0.420 e. The molecule has 1 aromatic heterocycles. The van der Waals surface area contributed by atoms with Gasteiger partial charge < -0.3 is 24.3 Å². The highest BCUT2D eigenvalue weighted by atomic mass is 16.5. The molecule has 1 amide bonds. The maximum atomic E-state index is 12.0. The molecule has 3 aromatic rings. The Labute approximate surface area is 160 Å². The van der Waals surface area contributed by atoms with Gasteiger partial charge in [-0.3, -0.25) is 9.36 Å². The average molecular weight is 384 g/mol. The molecule has 8 heteroatoms. The van der Waals surface area contributed by atoms with Crippen LogP contribution in [0.15, 0.2) is 51.7 Å². The van der Waals surface area contributed by atoms with Crippen molar-refractivity contribution in [2.24, 2.45) is 0 Å². The molecular formula is C20H20N2O6. The van der Waals surface area contributed by atoms with E-state index in [-0.39, 0.29) is 24.7 Å². The highest BCUT2D eigenvalue weighted by Crippen LogP contribution is 2.26. The van der Waals surface area contributed by atoms with Crippen LogP contribution >= 0.6 is 0 Å². The van der Waals surface area contributed by atoms with E-state index < -0.39 is 5.76 Å². The molecule has 0 spiro atoms. The van der Waals surface area contributed by atoms with Crippen LogP contribution in [-0.2, 0) is 11.3 Å². The number of aromatic hydroxyl groups is 1. The van der Waals surface area contributed by atoms with Gasteiger partial charge in [0.2, 0.25) is 5.91 Å². The lowest BCUT2D eigenvalue weighted by Gasteiger charge is -2.05. The van der Waals surface area contributed by atoms with Gasteiger partial charge in [0.25, 0.3) is 0 Å². The molecule has 0 aliphatic heterocycles. The number of nitrogens with one attached hydrogen (secondary N) is 1. The van der Waals surface area contributed by atoms with Gasteiger partial charge in [-0.2, -0.15) is 0 Å². The van der Waals surface area contributed by atoms with Crippen molar-refractivity contribution in [3.63, 3.8) is 0 Å². The Morgan fingerprint density at radius 1 is 1.21 bits per heavy atom. The summed E-state index contributed by atoms with van der Waals surface area (Å²) >= 11 is 0. The van der Waals surface area contributed by atoms with Crippen molar-refractivity contribution in [3.8, 4) is 17.2 Å². The Balaban J connectivity index is 1.60. The molecule has 0 bridgehead atoms. The first-order valence-electron chi connectivity index (χ1n) is 8.52. The van der Waals surface area contributed by atoms with E-state index in [4.69, 9.17) is 13.9 Å². The van der Waals surface area contributed by atoms with Crippen LogP contribution in [0.4, 0.5) is 0 Å². The lowest BCUT2D eigenvalue weighted by molar-refractivity contribution is -0.116. The number of carbonyl (C=O) groups excluding carboxylic acids is 1. The number of hydrogen-bond acceptors (Lipinski definition) is 6. The van der Waals surface area contributed by atoms with Crippen LogP contribution in [0.1, 0.15) is 5.56 Å².